The number of amides is 1. The predicted molar refractivity (Wildman–Crippen MR) is 69.5 cm³/mol. The molecule has 1 fully saturated rings. The molecule has 7 heteroatoms. The molecule has 1 aliphatic heterocycles. The van der Waals surface area contributed by atoms with Gasteiger partial charge in [0.15, 0.2) is 5.69 Å². The van der Waals surface area contributed by atoms with Gasteiger partial charge in [0.2, 0.25) is 0 Å². The van der Waals surface area contributed by atoms with E-state index in [9.17, 15) is 9.59 Å². The zero-order valence-corrected chi connectivity index (χ0v) is 11.3. The number of hydrogen-bond acceptors (Lipinski definition) is 5. The van der Waals surface area contributed by atoms with Crippen molar-refractivity contribution in [1.29, 1.82) is 0 Å². The van der Waals surface area contributed by atoms with E-state index in [1.165, 1.54) is 6.20 Å². The van der Waals surface area contributed by atoms with Gasteiger partial charge in [0.1, 0.15) is 5.69 Å². The molecule has 7 nitrogen and oxygen atoms in total. The van der Waals surface area contributed by atoms with Gasteiger partial charge in [0, 0.05) is 18.8 Å². The number of nitrogens with one attached hydrogen (secondary N) is 1. The maximum Gasteiger partial charge on any atom is 0.356 e. The SMILES string of the molecule is CCC1(NC(=O)c2cnc(C(=O)O)cn2)CCOCC1. The van der Waals surface area contributed by atoms with Crippen molar-refractivity contribution in [3.05, 3.63) is 23.8 Å². The van der Waals surface area contributed by atoms with E-state index < -0.39 is 5.97 Å². The molecule has 20 heavy (non-hydrogen) atoms. The fourth-order valence-electron chi connectivity index (χ4n) is 2.19. The Hall–Kier alpha value is -2.02. The number of aromatic carboxylic acids is 1. The van der Waals surface area contributed by atoms with Crippen molar-refractivity contribution in [3.8, 4) is 0 Å². The molecule has 108 valence electrons. The fraction of sp³-hybridized carbons (Fsp3) is 0.538. The monoisotopic (exact) mass is 279 g/mol. The van der Waals surface area contributed by atoms with Crippen molar-refractivity contribution in [1.82, 2.24) is 15.3 Å². The second-order valence-electron chi connectivity index (χ2n) is 4.79. The normalized spacial score (nSPS) is 17.4. The van der Waals surface area contributed by atoms with Crippen LogP contribution in [0.5, 0.6) is 0 Å². The lowest BCUT2D eigenvalue weighted by molar-refractivity contribution is 0.0343. The number of carbonyl (C=O) groups is 2. The molecule has 0 saturated carbocycles. The number of carboxylic acid groups (broad SMARTS) is 1. The standard InChI is InChI=1S/C13H17N3O4/c1-2-13(3-5-20-6-4-13)16-11(17)9-7-15-10(8-14-9)12(18)19/h7-8H,2-6H2,1H3,(H,16,17)(H,18,19). The van der Waals surface area contributed by atoms with Crippen molar-refractivity contribution in [3.63, 3.8) is 0 Å². The lowest BCUT2D eigenvalue weighted by Crippen LogP contribution is -2.51. The minimum absolute atomic E-state index is 0.120. The lowest BCUT2D eigenvalue weighted by Gasteiger charge is -2.37. The summed E-state index contributed by atoms with van der Waals surface area (Å²) in [5, 5.41) is 11.7. The summed E-state index contributed by atoms with van der Waals surface area (Å²) in [6.07, 6.45) is 4.59. The van der Waals surface area contributed by atoms with Gasteiger partial charge < -0.3 is 15.2 Å². The highest BCUT2D eigenvalue weighted by atomic mass is 16.5. The Bertz CT molecular complexity index is 495. The minimum atomic E-state index is -1.17. The van der Waals surface area contributed by atoms with Crippen LogP contribution in [-0.4, -0.2) is 45.7 Å². The van der Waals surface area contributed by atoms with Crippen LogP contribution in [0.25, 0.3) is 0 Å². The summed E-state index contributed by atoms with van der Waals surface area (Å²) in [4.78, 5) is 30.4. The van der Waals surface area contributed by atoms with Gasteiger partial charge in [-0.05, 0) is 19.3 Å². The third kappa shape index (κ3) is 3.11. The zero-order chi connectivity index (χ0) is 14.6. The Kier molecular flexibility index (Phi) is 4.29. The molecule has 0 radical (unpaired) electrons. The van der Waals surface area contributed by atoms with E-state index in [1.54, 1.807) is 0 Å². The lowest BCUT2D eigenvalue weighted by atomic mass is 9.87. The molecule has 0 aromatic carbocycles. The number of carboxylic acids is 1. The minimum Gasteiger partial charge on any atom is -0.476 e. The van der Waals surface area contributed by atoms with Crippen LogP contribution in [0.4, 0.5) is 0 Å². The average molecular weight is 279 g/mol. The van der Waals surface area contributed by atoms with E-state index in [-0.39, 0.29) is 22.8 Å². The quantitative estimate of drug-likeness (QED) is 0.847. The predicted octanol–water partition coefficient (Wildman–Crippen LogP) is 0.864. The number of rotatable bonds is 4. The van der Waals surface area contributed by atoms with Gasteiger partial charge in [0.05, 0.1) is 12.4 Å². The van der Waals surface area contributed by atoms with Crippen LogP contribution >= 0.6 is 0 Å². The van der Waals surface area contributed by atoms with E-state index in [0.29, 0.717) is 13.2 Å². The van der Waals surface area contributed by atoms with Crippen LogP contribution < -0.4 is 5.32 Å². The molecule has 2 heterocycles. The summed E-state index contributed by atoms with van der Waals surface area (Å²) in [5.41, 5.74) is -0.338. The molecule has 1 saturated heterocycles. The number of nitrogens with zero attached hydrogens (tertiary/aromatic N) is 2. The van der Waals surface area contributed by atoms with Crippen LogP contribution in [0, 0.1) is 0 Å². The van der Waals surface area contributed by atoms with E-state index >= 15 is 0 Å². The van der Waals surface area contributed by atoms with Gasteiger partial charge in [-0.3, -0.25) is 4.79 Å². The molecule has 0 aliphatic carbocycles. The van der Waals surface area contributed by atoms with E-state index in [1.807, 2.05) is 6.92 Å². The largest absolute Gasteiger partial charge is 0.476 e. The number of aromatic nitrogens is 2. The topological polar surface area (TPSA) is 101 Å². The second kappa shape index (κ2) is 5.96. The maximum absolute atomic E-state index is 12.2. The molecular weight excluding hydrogens is 262 g/mol. The van der Waals surface area contributed by atoms with Crippen LogP contribution in [0.15, 0.2) is 12.4 Å². The fourth-order valence-corrected chi connectivity index (χ4v) is 2.19. The smallest absolute Gasteiger partial charge is 0.356 e. The third-order valence-electron chi connectivity index (χ3n) is 3.61. The first-order valence-corrected chi connectivity index (χ1v) is 6.52. The molecule has 1 amide bonds. The van der Waals surface area contributed by atoms with Crippen molar-refractivity contribution in [2.24, 2.45) is 0 Å². The Morgan fingerprint density at radius 1 is 1.30 bits per heavy atom. The number of hydrogen-bond donors (Lipinski definition) is 2. The molecule has 2 N–H and O–H groups in total. The molecule has 1 aromatic heterocycles. The highest BCUT2D eigenvalue weighted by Crippen LogP contribution is 2.24. The van der Waals surface area contributed by atoms with Gasteiger partial charge >= 0.3 is 5.97 Å². The molecule has 1 aliphatic rings. The Morgan fingerprint density at radius 2 is 1.90 bits per heavy atom. The van der Waals surface area contributed by atoms with Crippen molar-refractivity contribution < 1.29 is 19.4 Å². The van der Waals surface area contributed by atoms with Crippen molar-refractivity contribution in [2.45, 2.75) is 31.7 Å². The van der Waals surface area contributed by atoms with E-state index in [4.69, 9.17) is 9.84 Å². The van der Waals surface area contributed by atoms with Crippen molar-refractivity contribution in [2.75, 3.05) is 13.2 Å². The van der Waals surface area contributed by atoms with E-state index in [2.05, 4.69) is 15.3 Å². The van der Waals surface area contributed by atoms with Crippen molar-refractivity contribution >= 4 is 11.9 Å². The highest BCUT2D eigenvalue weighted by Gasteiger charge is 2.32. The number of carbonyl (C=O) groups excluding carboxylic acids is 1. The Balaban J connectivity index is 2.08. The molecule has 1 aromatic rings. The number of ether oxygens (including phenoxy) is 1. The molecule has 0 atom stereocenters. The molecular formula is C13H17N3O4. The maximum atomic E-state index is 12.2. The summed E-state index contributed by atoms with van der Waals surface area (Å²) in [6, 6.07) is 0. The molecule has 0 unspecified atom stereocenters. The molecule has 2 rings (SSSR count). The first-order chi connectivity index (χ1) is 9.56. The zero-order valence-electron chi connectivity index (χ0n) is 11.3. The van der Waals surface area contributed by atoms with Crippen LogP contribution in [-0.2, 0) is 4.74 Å². The van der Waals surface area contributed by atoms with Gasteiger partial charge in [-0.2, -0.15) is 0 Å². The van der Waals surface area contributed by atoms with Gasteiger partial charge in [-0.1, -0.05) is 6.92 Å². The van der Waals surface area contributed by atoms with Crippen LogP contribution in [0.3, 0.4) is 0 Å². The summed E-state index contributed by atoms with van der Waals surface area (Å²) in [7, 11) is 0. The van der Waals surface area contributed by atoms with Gasteiger partial charge in [0.25, 0.3) is 5.91 Å². The molecule has 0 spiro atoms. The van der Waals surface area contributed by atoms with Gasteiger partial charge in [-0.25, -0.2) is 14.8 Å². The third-order valence-corrected chi connectivity index (χ3v) is 3.61. The first-order valence-electron chi connectivity index (χ1n) is 6.52. The van der Waals surface area contributed by atoms with E-state index in [0.717, 1.165) is 25.5 Å². The van der Waals surface area contributed by atoms with Gasteiger partial charge in [-0.15, -0.1) is 0 Å². The highest BCUT2D eigenvalue weighted by molar-refractivity contribution is 5.93. The Labute approximate surface area is 116 Å². The Morgan fingerprint density at radius 3 is 2.40 bits per heavy atom. The molecule has 0 bridgehead atoms. The summed E-state index contributed by atoms with van der Waals surface area (Å²) in [5.74, 6) is -1.50. The summed E-state index contributed by atoms with van der Waals surface area (Å²) in [6.45, 7) is 3.26. The second-order valence-corrected chi connectivity index (χ2v) is 4.79. The first kappa shape index (κ1) is 14.4. The van der Waals surface area contributed by atoms with Crippen LogP contribution in [0.1, 0.15) is 47.2 Å². The summed E-state index contributed by atoms with van der Waals surface area (Å²) >= 11 is 0. The van der Waals surface area contributed by atoms with Crippen LogP contribution in [0.2, 0.25) is 0 Å². The average Bonchev–Trinajstić information content (AvgIpc) is 2.48. The summed E-state index contributed by atoms with van der Waals surface area (Å²) < 4.78 is 5.31.